The van der Waals surface area contributed by atoms with Crippen molar-refractivity contribution >= 4 is 34.4 Å². The van der Waals surface area contributed by atoms with Crippen LogP contribution in [0.25, 0.3) is 22.4 Å². The molecule has 4 aromatic rings. The Morgan fingerprint density at radius 3 is 2.69 bits per heavy atom. The summed E-state index contributed by atoms with van der Waals surface area (Å²) in [6.45, 7) is 6.39. The number of anilines is 1. The first-order chi connectivity index (χ1) is 17.0. The molecule has 0 unspecified atom stereocenters. The van der Waals surface area contributed by atoms with Crippen molar-refractivity contribution in [3.63, 3.8) is 0 Å². The van der Waals surface area contributed by atoms with Crippen LogP contribution in [0.5, 0.6) is 0 Å². The fourth-order valence-corrected chi connectivity index (χ4v) is 4.52. The summed E-state index contributed by atoms with van der Waals surface area (Å²) < 4.78 is 5.72. The number of amides is 1. The maximum absolute atomic E-state index is 12.5. The number of benzene rings is 1. The zero-order valence-corrected chi connectivity index (χ0v) is 20.6. The summed E-state index contributed by atoms with van der Waals surface area (Å²) in [7, 11) is 0. The highest BCUT2D eigenvalue weighted by Crippen LogP contribution is 2.34. The van der Waals surface area contributed by atoms with Gasteiger partial charge in [0.05, 0.1) is 0 Å². The number of carbonyl (C=O) groups excluding carboxylic acids is 1. The predicted molar refractivity (Wildman–Crippen MR) is 136 cm³/mol. The minimum atomic E-state index is -0.538. The zero-order chi connectivity index (χ0) is 24.4. The molecule has 9 heteroatoms. The fourth-order valence-electron chi connectivity index (χ4n) is 4.38. The Kier molecular flexibility index (Phi) is 6.63. The van der Waals surface area contributed by atoms with Crippen molar-refractivity contribution < 1.29 is 9.32 Å². The van der Waals surface area contributed by atoms with E-state index in [1.54, 1.807) is 19.3 Å². The zero-order valence-electron chi connectivity index (χ0n) is 19.8. The van der Waals surface area contributed by atoms with Gasteiger partial charge in [-0.1, -0.05) is 35.0 Å². The van der Waals surface area contributed by atoms with Gasteiger partial charge in [-0.15, -0.1) is 11.6 Å². The second-order valence-corrected chi connectivity index (χ2v) is 9.52. The Labute approximate surface area is 208 Å². The van der Waals surface area contributed by atoms with Crippen LogP contribution in [0.4, 0.5) is 5.82 Å². The van der Waals surface area contributed by atoms with Crippen LogP contribution in [-0.2, 0) is 11.2 Å². The normalized spacial score (nSPS) is 15.3. The molecular formula is C26H27ClN6O2. The average Bonchev–Trinajstić information content (AvgIpc) is 3.14. The highest BCUT2D eigenvalue weighted by molar-refractivity contribution is 6.30. The van der Waals surface area contributed by atoms with Gasteiger partial charge in [0.2, 0.25) is 5.91 Å². The number of rotatable bonds is 5. The third kappa shape index (κ3) is 4.98. The monoisotopic (exact) mass is 490 g/mol. The Balaban J connectivity index is 1.55. The van der Waals surface area contributed by atoms with E-state index in [1.807, 2.05) is 17.0 Å². The van der Waals surface area contributed by atoms with Crippen molar-refractivity contribution in [1.82, 2.24) is 25.0 Å². The standard InChI is InChI=1S/C26H27ClN6O2/c1-17-6-8-19(9-7-17)15-21-29-24(32-11-4-12-33(14-13-32)26(34)18(2)27)22-23(31-35-25(22)30-21)20-5-3-10-28-16-20/h3,5-10,16,18H,4,11-15H2,1-2H3/t18-/m0/s1. The molecule has 1 saturated heterocycles. The molecule has 1 fully saturated rings. The molecule has 8 nitrogen and oxygen atoms in total. The molecule has 0 N–H and O–H groups in total. The van der Waals surface area contributed by atoms with E-state index in [1.165, 1.54) is 5.56 Å². The van der Waals surface area contributed by atoms with Gasteiger partial charge >= 0.3 is 0 Å². The second kappa shape index (κ2) is 10.00. The number of hydrogen-bond donors (Lipinski definition) is 0. The summed E-state index contributed by atoms with van der Waals surface area (Å²) in [5, 5.41) is 4.57. The number of aromatic nitrogens is 4. The molecule has 180 valence electrons. The summed E-state index contributed by atoms with van der Waals surface area (Å²) in [6.07, 6.45) is 4.86. The smallest absolute Gasteiger partial charge is 0.263 e. The molecule has 35 heavy (non-hydrogen) atoms. The van der Waals surface area contributed by atoms with Crippen LogP contribution in [0.2, 0.25) is 0 Å². The Hall–Kier alpha value is -3.52. The SMILES string of the molecule is Cc1ccc(Cc2nc(N3CCCN(C(=O)[C@H](C)Cl)CC3)c3c(-c4cccnc4)noc3n2)cc1. The molecule has 4 heterocycles. The van der Waals surface area contributed by atoms with Crippen LogP contribution < -0.4 is 4.90 Å². The molecule has 0 spiro atoms. The Bertz CT molecular complexity index is 1320. The first kappa shape index (κ1) is 23.2. The molecule has 5 rings (SSSR count). The van der Waals surface area contributed by atoms with Gasteiger partial charge in [-0.05, 0) is 38.0 Å². The van der Waals surface area contributed by atoms with Crippen molar-refractivity contribution in [1.29, 1.82) is 0 Å². The number of alkyl halides is 1. The van der Waals surface area contributed by atoms with Crippen molar-refractivity contribution in [2.24, 2.45) is 0 Å². The molecule has 0 aliphatic carbocycles. The molecule has 1 amide bonds. The van der Waals surface area contributed by atoms with Crippen molar-refractivity contribution in [2.75, 3.05) is 31.1 Å². The van der Waals surface area contributed by atoms with E-state index in [9.17, 15) is 4.79 Å². The van der Waals surface area contributed by atoms with Gasteiger partial charge in [0.15, 0.2) is 0 Å². The van der Waals surface area contributed by atoms with E-state index in [2.05, 4.69) is 46.2 Å². The summed E-state index contributed by atoms with van der Waals surface area (Å²) in [6, 6.07) is 12.2. The quantitative estimate of drug-likeness (QED) is 0.386. The summed E-state index contributed by atoms with van der Waals surface area (Å²) in [4.78, 5) is 30.5. The Morgan fingerprint density at radius 1 is 1.11 bits per heavy atom. The summed E-state index contributed by atoms with van der Waals surface area (Å²) >= 11 is 6.08. The van der Waals surface area contributed by atoms with Crippen molar-refractivity contribution in [3.05, 3.63) is 65.7 Å². The minimum Gasteiger partial charge on any atom is -0.354 e. The van der Waals surface area contributed by atoms with Crippen LogP contribution in [0, 0.1) is 6.92 Å². The second-order valence-electron chi connectivity index (χ2n) is 8.86. The molecular weight excluding hydrogens is 464 g/mol. The molecule has 1 atom stereocenters. The summed E-state index contributed by atoms with van der Waals surface area (Å²) in [5.74, 6) is 1.39. The van der Waals surface area contributed by atoms with Gasteiger partial charge in [-0.2, -0.15) is 4.98 Å². The molecule has 1 aliphatic heterocycles. The third-order valence-electron chi connectivity index (χ3n) is 6.23. The molecule has 3 aromatic heterocycles. The number of pyridine rings is 1. The number of fused-ring (bicyclic) bond motifs is 1. The lowest BCUT2D eigenvalue weighted by Gasteiger charge is -2.24. The van der Waals surface area contributed by atoms with E-state index in [4.69, 9.17) is 26.1 Å². The van der Waals surface area contributed by atoms with Gasteiger partial charge in [0.1, 0.15) is 28.1 Å². The van der Waals surface area contributed by atoms with Crippen LogP contribution in [-0.4, -0.2) is 62.5 Å². The van der Waals surface area contributed by atoms with Crippen LogP contribution in [0.15, 0.2) is 53.3 Å². The number of nitrogens with zero attached hydrogens (tertiary/aromatic N) is 6. The first-order valence-electron chi connectivity index (χ1n) is 11.8. The number of halogens is 1. The number of carbonyl (C=O) groups is 1. The fraction of sp³-hybridized carbons (Fsp3) is 0.346. The molecule has 1 aromatic carbocycles. The molecule has 0 radical (unpaired) electrons. The van der Waals surface area contributed by atoms with Gasteiger partial charge in [-0.25, -0.2) is 4.98 Å². The van der Waals surface area contributed by atoms with E-state index >= 15 is 0 Å². The third-order valence-corrected chi connectivity index (χ3v) is 6.42. The lowest BCUT2D eigenvalue weighted by atomic mass is 10.1. The largest absolute Gasteiger partial charge is 0.354 e. The summed E-state index contributed by atoms with van der Waals surface area (Å²) in [5.41, 5.74) is 4.28. The maximum Gasteiger partial charge on any atom is 0.263 e. The van der Waals surface area contributed by atoms with Gasteiger partial charge in [-0.3, -0.25) is 9.78 Å². The topological polar surface area (TPSA) is 88.3 Å². The average molecular weight is 491 g/mol. The lowest BCUT2D eigenvalue weighted by molar-refractivity contribution is -0.130. The van der Waals surface area contributed by atoms with Gasteiger partial charge in [0.25, 0.3) is 5.71 Å². The minimum absolute atomic E-state index is 0.0394. The van der Waals surface area contributed by atoms with Crippen LogP contribution in [0.3, 0.4) is 0 Å². The molecule has 0 saturated carbocycles. The van der Waals surface area contributed by atoms with Crippen LogP contribution >= 0.6 is 11.6 Å². The van der Waals surface area contributed by atoms with Gasteiger partial charge < -0.3 is 14.3 Å². The molecule has 0 bridgehead atoms. The van der Waals surface area contributed by atoms with Crippen molar-refractivity contribution in [2.45, 2.75) is 32.1 Å². The van der Waals surface area contributed by atoms with E-state index in [0.717, 1.165) is 35.3 Å². The molecule has 1 aliphatic rings. The van der Waals surface area contributed by atoms with Gasteiger partial charge in [0, 0.05) is 50.6 Å². The number of hydrogen-bond acceptors (Lipinski definition) is 7. The van der Waals surface area contributed by atoms with E-state index < -0.39 is 5.38 Å². The lowest BCUT2D eigenvalue weighted by Crippen LogP contribution is -2.38. The Morgan fingerprint density at radius 2 is 1.94 bits per heavy atom. The predicted octanol–water partition coefficient (Wildman–Crippen LogP) is 4.25. The first-order valence-corrected chi connectivity index (χ1v) is 12.2. The van der Waals surface area contributed by atoms with Crippen LogP contribution in [0.1, 0.15) is 30.3 Å². The van der Waals surface area contributed by atoms with E-state index in [0.29, 0.717) is 43.3 Å². The van der Waals surface area contributed by atoms with E-state index in [-0.39, 0.29) is 5.91 Å². The van der Waals surface area contributed by atoms with Crippen molar-refractivity contribution in [3.8, 4) is 11.3 Å². The highest BCUT2D eigenvalue weighted by Gasteiger charge is 2.27. The maximum atomic E-state index is 12.5. The highest BCUT2D eigenvalue weighted by atomic mass is 35.5. The number of aryl methyl sites for hydroxylation is 1.